The van der Waals surface area contributed by atoms with Crippen molar-refractivity contribution in [2.75, 3.05) is 20.3 Å². The zero-order chi connectivity index (χ0) is 28.0. The summed E-state index contributed by atoms with van der Waals surface area (Å²) < 4.78 is 28.4. The summed E-state index contributed by atoms with van der Waals surface area (Å²) in [6.07, 6.45) is -7.84. The molecule has 2 saturated heterocycles. The minimum atomic E-state index is -2.17. The molecule has 6 N–H and O–H groups in total. The highest BCUT2D eigenvalue weighted by Gasteiger charge is 2.48. The van der Waals surface area contributed by atoms with E-state index in [0.717, 1.165) is 16.5 Å². The Morgan fingerprint density at radius 2 is 1.90 bits per heavy atom. The number of carbonyl (C=O) groups excluding carboxylic acids is 2. The SMILES string of the molecule is CCOC(=O)[C@@H]1CCc2c(c(O[C@@H]3O[C@H](C(O)O)[C@@H](O)[C@H](O)[C@H]3O)c(OC)c3occ([C@@H]4CNC(=O)C4)c23)C1. The molecule has 0 spiro atoms. The first-order chi connectivity index (χ1) is 18.7. The molecule has 1 aromatic carbocycles. The van der Waals surface area contributed by atoms with Gasteiger partial charge in [-0.25, -0.2) is 0 Å². The number of amides is 1. The Morgan fingerprint density at radius 3 is 2.54 bits per heavy atom. The molecule has 2 fully saturated rings. The van der Waals surface area contributed by atoms with Crippen LogP contribution in [-0.4, -0.2) is 94.7 Å². The number of fused-ring (bicyclic) bond motifs is 3. The van der Waals surface area contributed by atoms with Gasteiger partial charge in [-0.2, -0.15) is 0 Å². The number of hydrogen-bond acceptors (Lipinski definition) is 12. The number of hydrogen-bond donors (Lipinski definition) is 6. The van der Waals surface area contributed by atoms with Gasteiger partial charge in [0.15, 0.2) is 17.6 Å². The van der Waals surface area contributed by atoms with Gasteiger partial charge in [0.2, 0.25) is 17.9 Å². The molecular formula is C26H33NO12. The van der Waals surface area contributed by atoms with E-state index in [2.05, 4.69) is 5.32 Å². The Labute approximate surface area is 223 Å². The zero-order valence-corrected chi connectivity index (χ0v) is 21.5. The van der Waals surface area contributed by atoms with Crippen LogP contribution in [0.15, 0.2) is 10.7 Å². The first kappa shape index (κ1) is 27.6. The quantitative estimate of drug-likeness (QED) is 0.186. The third-order valence-electron chi connectivity index (χ3n) is 7.74. The predicted octanol–water partition coefficient (Wildman–Crippen LogP) is -0.790. The first-order valence-corrected chi connectivity index (χ1v) is 12.9. The molecule has 39 heavy (non-hydrogen) atoms. The Morgan fingerprint density at radius 1 is 1.13 bits per heavy atom. The van der Waals surface area contributed by atoms with Crippen LogP contribution in [0.5, 0.6) is 11.5 Å². The molecule has 214 valence electrons. The number of esters is 1. The van der Waals surface area contributed by atoms with E-state index >= 15 is 0 Å². The molecule has 0 saturated carbocycles. The molecule has 0 radical (unpaired) electrons. The monoisotopic (exact) mass is 551 g/mol. The third-order valence-corrected chi connectivity index (χ3v) is 7.74. The van der Waals surface area contributed by atoms with Gasteiger partial charge in [-0.15, -0.1) is 0 Å². The highest BCUT2D eigenvalue weighted by molar-refractivity contribution is 5.95. The molecule has 1 aliphatic carbocycles. The summed E-state index contributed by atoms with van der Waals surface area (Å²) in [5.74, 6) is -0.856. The summed E-state index contributed by atoms with van der Waals surface area (Å²) >= 11 is 0. The summed E-state index contributed by atoms with van der Waals surface area (Å²) in [5, 5.41) is 54.0. The molecule has 3 aliphatic rings. The molecule has 1 amide bonds. The summed E-state index contributed by atoms with van der Waals surface area (Å²) in [6.45, 7) is 2.38. The molecule has 7 atom stereocenters. The Balaban J connectivity index is 1.63. The summed E-state index contributed by atoms with van der Waals surface area (Å²) in [7, 11) is 1.39. The number of furan rings is 1. The molecule has 0 bridgehead atoms. The molecule has 2 aromatic rings. The second-order valence-electron chi connectivity index (χ2n) is 10.1. The molecule has 5 rings (SSSR count). The standard InChI is InChI=1S/C26H33NO12/c1-3-36-25(34)10-4-5-12-13(6-10)20(38-26-19(31)17(29)18(30)22(39-26)24(32)33)23(35-2)21-16(12)14(9-37-21)11-7-15(28)27-8-11/h9-11,17-19,22,24,26,29-33H,3-8H2,1-2H3,(H,27,28)/t10-,11+,17+,18+,19-,22+,26-/m1/s1. The highest BCUT2D eigenvalue weighted by Crippen LogP contribution is 2.50. The second kappa shape index (κ2) is 10.9. The number of aliphatic hydroxyl groups excluding tert-OH is 4. The lowest BCUT2D eigenvalue weighted by Gasteiger charge is -2.41. The Hall–Kier alpha value is -2.94. The van der Waals surface area contributed by atoms with Gasteiger partial charge in [0, 0.05) is 35.4 Å². The first-order valence-electron chi connectivity index (χ1n) is 12.9. The lowest BCUT2D eigenvalue weighted by atomic mass is 9.80. The third kappa shape index (κ3) is 4.83. The topological polar surface area (TPSA) is 197 Å². The van der Waals surface area contributed by atoms with E-state index in [0.29, 0.717) is 37.0 Å². The van der Waals surface area contributed by atoms with Crippen molar-refractivity contribution in [1.82, 2.24) is 5.32 Å². The second-order valence-corrected chi connectivity index (χ2v) is 10.1. The maximum absolute atomic E-state index is 12.7. The van der Waals surface area contributed by atoms with Crippen molar-refractivity contribution in [2.24, 2.45) is 5.92 Å². The number of nitrogens with one attached hydrogen (secondary N) is 1. The van der Waals surface area contributed by atoms with Crippen molar-refractivity contribution in [3.8, 4) is 11.5 Å². The number of carbonyl (C=O) groups is 2. The maximum Gasteiger partial charge on any atom is 0.309 e. The number of ether oxygens (including phenoxy) is 4. The van der Waals surface area contributed by atoms with Crippen LogP contribution < -0.4 is 14.8 Å². The fourth-order valence-electron chi connectivity index (χ4n) is 5.77. The van der Waals surface area contributed by atoms with Gasteiger partial charge in [0.05, 0.1) is 25.9 Å². The molecule has 13 heteroatoms. The molecule has 1 aromatic heterocycles. The van der Waals surface area contributed by atoms with E-state index < -0.39 is 42.9 Å². The number of rotatable bonds is 7. The van der Waals surface area contributed by atoms with Gasteiger partial charge in [0.1, 0.15) is 24.4 Å². The predicted molar refractivity (Wildman–Crippen MR) is 131 cm³/mol. The van der Waals surface area contributed by atoms with Gasteiger partial charge in [0.25, 0.3) is 0 Å². The van der Waals surface area contributed by atoms with E-state index in [1.807, 2.05) is 0 Å². The average Bonchev–Trinajstić information content (AvgIpc) is 3.55. The summed E-state index contributed by atoms with van der Waals surface area (Å²) in [5.41, 5.74) is 2.53. The number of benzene rings is 1. The molecule has 13 nitrogen and oxygen atoms in total. The summed E-state index contributed by atoms with van der Waals surface area (Å²) in [4.78, 5) is 24.7. The normalized spacial score (nSPS) is 30.8. The smallest absolute Gasteiger partial charge is 0.309 e. The van der Waals surface area contributed by atoms with Crippen LogP contribution in [0.25, 0.3) is 11.0 Å². The van der Waals surface area contributed by atoms with Gasteiger partial charge in [-0.3, -0.25) is 9.59 Å². The fraction of sp³-hybridized carbons (Fsp3) is 0.615. The summed E-state index contributed by atoms with van der Waals surface area (Å²) in [6, 6.07) is 0. The molecule has 3 heterocycles. The van der Waals surface area contributed by atoms with E-state index in [4.69, 9.17) is 23.4 Å². The van der Waals surface area contributed by atoms with Crippen LogP contribution in [0, 0.1) is 5.92 Å². The van der Waals surface area contributed by atoms with Gasteiger partial charge in [-0.1, -0.05) is 0 Å². The molecule has 0 unspecified atom stereocenters. The Bertz CT molecular complexity index is 1240. The lowest BCUT2D eigenvalue weighted by molar-refractivity contribution is -0.310. The Kier molecular flexibility index (Phi) is 7.73. The van der Waals surface area contributed by atoms with Crippen LogP contribution in [0.3, 0.4) is 0 Å². The van der Waals surface area contributed by atoms with Crippen molar-refractivity contribution < 1.29 is 58.5 Å². The average molecular weight is 552 g/mol. The van der Waals surface area contributed by atoms with Crippen LogP contribution in [-0.2, 0) is 31.9 Å². The van der Waals surface area contributed by atoms with Crippen LogP contribution >= 0.6 is 0 Å². The van der Waals surface area contributed by atoms with Gasteiger partial charge in [-0.05, 0) is 31.7 Å². The zero-order valence-electron chi connectivity index (χ0n) is 21.5. The lowest BCUT2D eigenvalue weighted by Crippen LogP contribution is -2.62. The molecular weight excluding hydrogens is 518 g/mol. The van der Waals surface area contributed by atoms with Gasteiger partial charge < -0.3 is 54.2 Å². The minimum Gasteiger partial charge on any atom is -0.490 e. The minimum absolute atomic E-state index is 0.0673. The highest BCUT2D eigenvalue weighted by atomic mass is 16.7. The maximum atomic E-state index is 12.7. The number of aryl methyl sites for hydroxylation is 1. The van der Waals surface area contributed by atoms with E-state index in [9.17, 15) is 35.1 Å². The van der Waals surface area contributed by atoms with Crippen LogP contribution in [0.1, 0.15) is 42.4 Å². The van der Waals surface area contributed by atoms with E-state index in [-0.39, 0.29) is 42.3 Å². The van der Waals surface area contributed by atoms with E-state index in [1.165, 1.54) is 7.11 Å². The van der Waals surface area contributed by atoms with Crippen molar-refractivity contribution in [3.63, 3.8) is 0 Å². The largest absolute Gasteiger partial charge is 0.490 e. The number of aliphatic hydroxyl groups is 5. The van der Waals surface area contributed by atoms with Crippen molar-refractivity contribution >= 4 is 22.8 Å². The van der Waals surface area contributed by atoms with Crippen LogP contribution in [0.4, 0.5) is 0 Å². The fourth-order valence-corrected chi connectivity index (χ4v) is 5.77. The van der Waals surface area contributed by atoms with Crippen molar-refractivity contribution in [2.45, 2.75) is 75.5 Å². The van der Waals surface area contributed by atoms with Gasteiger partial charge >= 0.3 is 5.97 Å². The number of methoxy groups -OCH3 is 1. The van der Waals surface area contributed by atoms with Crippen molar-refractivity contribution in [3.05, 3.63) is 23.0 Å². The van der Waals surface area contributed by atoms with Crippen LogP contribution in [0.2, 0.25) is 0 Å². The van der Waals surface area contributed by atoms with Crippen molar-refractivity contribution in [1.29, 1.82) is 0 Å². The van der Waals surface area contributed by atoms with E-state index in [1.54, 1.807) is 13.2 Å². The molecule has 2 aliphatic heterocycles.